The van der Waals surface area contributed by atoms with Crippen LogP contribution in [0.25, 0.3) is 22.3 Å². The summed E-state index contributed by atoms with van der Waals surface area (Å²) >= 11 is 0. The normalized spacial score (nSPS) is 11.6. The van der Waals surface area contributed by atoms with Crippen LogP contribution in [0.2, 0.25) is 0 Å². The Morgan fingerprint density at radius 3 is 2.38 bits per heavy atom. The Kier molecular flexibility index (Phi) is 3.89. The van der Waals surface area contributed by atoms with Crippen LogP contribution < -0.4 is 9.61 Å². The van der Waals surface area contributed by atoms with Crippen LogP contribution in [0, 0.1) is 0 Å². The second kappa shape index (κ2) is 5.82. The number of phenolic OH excluding ortho intramolecular Hbond substituents is 3. The minimum Gasteiger partial charge on any atom is -0.716 e. The highest BCUT2D eigenvalue weighted by molar-refractivity contribution is 7.81. The second-order valence-electron chi connectivity index (χ2n) is 5.12. The average molecular weight is 382 g/mol. The monoisotopic (exact) mass is 382 g/mol. The SMILES string of the molecule is O=c1c(O)c(-c2ccc(O)c(OS(=O)(=O)[O-])c2)oc2cc(O)cc(O)c12.[H+]. The van der Waals surface area contributed by atoms with Gasteiger partial charge in [-0.1, -0.05) is 0 Å². The zero-order chi connectivity index (χ0) is 19.2. The van der Waals surface area contributed by atoms with Gasteiger partial charge in [0, 0.05) is 17.7 Å². The summed E-state index contributed by atoms with van der Waals surface area (Å²) in [6.45, 7) is 0. The molecule has 0 unspecified atom stereocenters. The summed E-state index contributed by atoms with van der Waals surface area (Å²) in [7, 11) is -5.19. The highest BCUT2D eigenvalue weighted by Crippen LogP contribution is 2.38. The van der Waals surface area contributed by atoms with E-state index in [4.69, 9.17) is 4.42 Å². The second-order valence-corrected chi connectivity index (χ2v) is 6.10. The van der Waals surface area contributed by atoms with Crippen LogP contribution >= 0.6 is 0 Å². The molecule has 0 aliphatic heterocycles. The first-order chi connectivity index (χ1) is 12.1. The Balaban J connectivity index is 0.00000261. The van der Waals surface area contributed by atoms with Crippen molar-refractivity contribution in [3.8, 4) is 40.1 Å². The first kappa shape index (κ1) is 17.4. The molecule has 0 amide bonds. The molecular weight excluding hydrogens is 372 g/mol. The van der Waals surface area contributed by atoms with E-state index in [1.54, 1.807) is 0 Å². The van der Waals surface area contributed by atoms with Crippen molar-refractivity contribution >= 4 is 21.4 Å². The van der Waals surface area contributed by atoms with E-state index in [0.717, 1.165) is 30.3 Å². The van der Waals surface area contributed by atoms with Crippen LogP contribution in [-0.2, 0) is 10.4 Å². The Labute approximate surface area is 146 Å². The lowest BCUT2D eigenvalue weighted by atomic mass is 10.1. The molecule has 1 heterocycles. The standard InChI is InChI=1S/C15H10O10S/c16-7-4-9(18)12-11(5-7)24-15(14(20)13(12)19)6-1-2-8(17)10(3-6)25-26(21,22)23/h1-5,16-18,20H,(H,21,22,23). The number of hydrogen-bond donors (Lipinski definition) is 4. The highest BCUT2D eigenvalue weighted by Gasteiger charge is 2.20. The van der Waals surface area contributed by atoms with E-state index in [-0.39, 0.29) is 18.0 Å². The van der Waals surface area contributed by atoms with Crippen molar-refractivity contribution < 1.29 is 43.4 Å². The molecule has 0 fully saturated rings. The van der Waals surface area contributed by atoms with Crippen LogP contribution in [0.5, 0.6) is 28.7 Å². The molecule has 0 aliphatic rings. The number of hydrogen-bond acceptors (Lipinski definition) is 10. The molecule has 11 heteroatoms. The van der Waals surface area contributed by atoms with Gasteiger partial charge in [0.2, 0.25) is 11.2 Å². The zero-order valence-electron chi connectivity index (χ0n) is 13.5. The predicted molar refractivity (Wildman–Crippen MR) is 86.0 cm³/mol. The third-order valence-corrected chi connectivity index (χ3v) is 3.73. The first-order valence-electron chi connectivity index (χ1n) is 6.77. The van der Waals surface area contributed by atoms with Gasteiger partial charge in [0.15, 0.2) is 17.3 Å². The van der Waals surface area contributed by atoms with Gasteiger partial charge in [0.25, 0.3) is 10.4 Å². The van der Waals surface area contributed by atoms with Crippen LogP contribution in [0.3, 0.4) is 0 Å². The molecule has 136 valence electrons. The Morgan fingerprint density at radius 2 is 1.73 bits per heavy atom. The summed E-state index contributed by atoms with van der Waals surface area (Å²) in [5, 5.41) is 38.5. The van der Waals surface area contributed by atoms with Crippen LogP contribution in [0.15, 0.2) is 39.5 Å². The fourth-order valence-corrected chi connectivity index (χ4v) is 2.66. The van der Waals surface area contributed by atoms with Crippen LogP contribution in [0.4, 0.5) is 0 Å². The molecule has 10 nitrogen and oxygen atoms in total. The van der Waals surface area contributed by atoms with Gasteiger partial charge in [-0.05, 0) is 18.2 Å². The quantitative estimate of drug-likeness (QED) is 0.380. The zero-order valence-corrected chi connectivity index (χ0v) is 13.3. The number of phenols is 3. The smallest absolute Gasteiger partial charge is 0.716 e. The molecule has 3 rings (SSSR count). The fourth-order valence-electron chi connectivity index (χ4n) is 2.30. The average Bonchev–Trinajstić information content (AvgIpc) is 2.51. The van der Waals surface area contributed by atoms with Gasteiger partial charge in [0.05, 0.1) is 0 Å². The molecule has 0 radical (unpaired) electrons. The van der Waals surface area contributed by atoms with Gasteiger partial charge in [-0.2, -0.15) is 0 Å². The lowest BCUT2D eigenvalue weighted by molar-refractivity contribution is 0.359. The molecule has 26 heavy (non-hydrogen) atoms. The number of aromatic hydroxyl groups is 4. The van der Waals surface area contributed by atoms with Crippen molar-refractivity contribution in [2.24, 2.45) is 0 Å². The van der Waals surface area contributed by atoms with E-state index in [9.17, 15) is 38.2 Å². The molecule has 1 aromatic heterocycles. The molecule has 0 saturated carbocycles. The number of rotatable bonds is 3. The van der Waals surface area contributed by atoms with Gasteiger partial charge < -0.3 is 33.6 Å². The number of benzene rings is 2. The third kappa shape index (κ3) is 3.08. The summed E-state index contributed by atoms with van der Waals surface area (Å²) < 4.78 is 41.5. The molecule has 0 bridgehead atoms. The largest absolute Gasteiger partial charge is 1.00 e. The molecule has 0 saturated heterocycles. The van der Waals surface area contributed by atoms with E-state index in [0.29, 0.717) is 0 Å². The van der Waals surface area contributed by atoms with Gasteiger partial charge in [-0.15, -0.1) is 0 Å². The lowest BCUT2D eigenvalue weighted by Crippen LogP contribution is -2.07. The van der Waals surface area contributed by atoms with Crippen molar-refractivity contribution in [2.75, 3.05) is 0 Å². The van der Waals surface area contributed by atoms with E-state index < -0.39 is 50.3 Å². The molecule has 0 spiro atoms. The van der Waals surface area contributed by atoms with Crippen molar-refractivity contribution in [3.63, 3.8) is 0 Å². The van der Waals surface area contributed by atoms with Crippen molar-refractivity contribution in [1.29, 1.82) is 0 Å². The van der Waals surface area contributed by atoms with E-state index in [1.165, 1.54) is 0 Å². The summed E-state index contributed by atoms with van der Waals surface area (Å²) in [5.41, 5.74) is -1.42. The van der Waals surface area contributed by atoms with Gasteiger partial charge in [0.1, 0.15) is 22.5 Å². The highest BCUT2D eigenvalue weighted by atomic mass is 32.3. The Hall–Kier alpha value is -3.44. The van der Waals surface area contributed by atoms with Crippen molar-refractivity contribution in [3.05, 3.63) is 40.6 Å². The molecular formula is C15H10O10S. The summed E-state index contributed by atoms with van der Waals surface area (Å²) in [5.74, 6) is -3.88. The van der Waals surface area contributed by atoms with Crippen LogP contribution in [-0.4, -0.2) is 33.4 Å². The summed E-state index contributed by atoms with van der Waals surface area (Å²) in [6.07, 6.45) is 0. The van der Waals surface area contributed by atoms with Crippen molar-refractivity contribution in [1.82, 2.24) is 0 Å². The molecule has 0 aliphatic carbocycles. The molecule has 0 atom stereocenters. The molecule has 2 aromatic carbocycles. The van der Waals surface area contributed by atoms with Crippen molar-refractivity contribution in [2.45, 2.75) is 0 Å². The van der Waals surface area contributed by atoms with E-state index >= 15 is 0 Å². The minimum absolute atomic E-state index is 0. The Morgan fingerprint density at radius 1 is 1.04 bits per heavy atom. The maximum absolute atomic E-state index is 12.3. The minimum atomic E-state index is -5.19. The summed E-state index contributed by atoms with van der Waals surface area (Å²) in [6, 6.07) is 4.83. The fraction of sp³-hybridized carbons (Fsp3) is 0. The van der Waals surface area contributed by atoms with Crippen LogP contribution in [0.1, 0.15) is 1.43 Å². The van der Waals surface area contributed by atoms with Gasteiger partial charge in [-0.3, -0.25) is 4.79 Å². The Bertz CT molecular complexity index is 1200. The predicted octanol–water partition coefficient (Wildman–Crippen LogP) is 1.23. The van der Waals surface area contributed by atoms with Gasteiger partial charge >= 0.3 is 1.43 Å². The molecule has 4 N–H and O–H groups in total. The topological polar surface area (TPSA) is 178 Å². The maximum Gasteiger partial charge on any atom is 1.00 e. The lowest BCUT2D eigenvalue weighted by Gasteiger charge is -2.12. The van der Waals surface area contributed by atoms with Gasteiger partial charge in [-0.25, -0.2) is 8.42 Å². The third-order valence-electron chi connectivity index (χ3n) is 3.35. The van der Waals surface area contributed by atoms with E-state index in [1.807, 2.05) is 0 Å². The summed E-state index contributed by atoms with van der Waals surface area (Å²) in [4.78, 5) is 12.3. The number of fused-ring (bicyclic) bond motifs is 1. The maximum atomic E-state index is 12.3. The van der Waals surface area contributed by atoms with E-state index in [2.05, 4.69) is 4.18 Å². The molecule has 3 aromatic rings. The first-order valence-corrected chi connectivity index (χ1v) is 8.10.